The maximum absolute atomic E-state index is 13.2. The first-order valence-corrected chi connectivity index (χ1v) is 6.54. The minimum absolute atomic E-state index is 0.262. The average molecular weight is 274 g/mol. The molecule has 106 valence electrons. The van der Waals surface area contributed by atoms with E-state index in [1.807, 2.05) is 0 Å². The lowest BCUT2D eigenvalue weighted by atomic mass is 9.98. The van der Waals surface area contributed by atoms with Crippen LogP contribution in [-0.4, -0.2) is 24.2 Å². The predicted octanol–water partition coefficient (Wildman–Crippen LogP) is 3.26. The zero-order valence-corrected chi connectivity index (χ0v) is 10.6. The smallest absolute Gasteiger partial charge is 0.251 e. The van der Waals surface area contributed by atoms with Crippen molar-refractivity contribution in [3.63, 3.8) is 0 Å². The van der Waals surface area contributed by atoms with E-state index in [4.69, 9.17) is 4.74 Å². The molecule has 0 amide bonds. The third-order valence-corrected chi connectivity index (χ3v) is 3.19. The van der Waals surface area contributed by atoms with Gasteiger partial charge in [-0.05, 0) is 12.8 Å². The monoisotopic (exact) mass is 274 g/mol. The number of anilines is 1. The SMILES string of the molecule is Fc1cc(F)c(NCCOC2CCCCC2)nc1F. The van der Waals surface area contributed by atoms with Crippen LogP contribution in [0.1, 0.15) is 32.1 Å². The van der Waals surface area contributed by atoms with Gasteiger partial charge in [0.2, 0.25) is 0 Å². The van der Waals surface area contributed by atoms with E-state index in [0.717, 1.165) is 12.8 Å². The Morgan fingerprint density at radius 1 is 1.16 bits per heavy atom. The van der Waals surface area contributed by atoms with E-state index in [1.165, 1.54) is 19.3 Å². The van der Waals surface area contributed by atoms with E-state index >= 15 is 0 Å². The first-order valence-electron chi connectivity index (χ1n) is 6.54. The minimum Gasteiger partial charge on any atom is -0.376 e. The molecule has 6 heteroatoms. The molecule has 1 N–H and O–H groups in total. The molecular formula is C13H17F3N2O. The van der Waals surface area contributed by atoms with Crippen molar-refractivity contribution in [3.8, 4) is 0 Å². The fraction of sp³-hybridized carbons (Fsp3) is 0.615. The van der Waals surface area contributed by atoms with E-state index < -0.39 is 17.6 Å². The highest BCUT2D eigenvalue weighted by Gasteiger charge is 2.14. The summed E-state index contributed by atoms with van der Waals surface area (Å²) in [6, 6.07) is 0.479. The van der Waals surface area contributed by atoms with E-state index in [0.29, 0.717) is 19.2 Å². The molecule has 1 saturated carbocycles. The number of halogens is 3. The fourth-order valence-electron chi connectivity index (χ4n) is 2.19. The van der Waals surface area contributed by atoms with Crippen LogP contribution in [0.25, 0.3) is 0 Å². The summed E-state index contributed by atoms with van der Waals surface area (Å²) in [5.74, 6) is -3.79. The van der Waals surface area contributed by atoms with E-state index in [-0.39, 0.29) is 11.9 Å². The van der Waals surface area contributed by atoms with Crippen LogP contribution >= 0.6 is 0 Å². The molecule has 19 heavy (non-hydrogen) atoms. The molecule has 1 heterocycles. The Bertz CT molecular complexity index is 423. The van der Waals surface area contributed by atoms with Crippen molar-refractivity contribution < 1.29 is 17.9 Å². The Hall–Kier alpha value is -1.30. The molecule has 1 aromatic heterocycles. The molecule has 2 rings (SSSR count). The molecule has 3 nitrogen and oxygen atoms in total. The van der Waals surface area contributed by atoms with Crippen LogP contribution in [0.5, 0.6) is 0 Å². The number of hydrogen-bond donors (Lipinski definition) is 1. The summed E-state index contributed by atoms with van der Waals surface area (Å²) in [5, 5.41) is 2.60. The molecule has 0 saturated heterocycles. The van der Waals surface area contributed by atoms with Gasteiger partial charge in [-0.3, -0.25) is 0 Å². The van der Waals surface area contributed by atoms with Gasteiger partial charge >= 0.3 is 0 Å². The molecule has 1 aromatic rings. The zero-order valence-electron chi connectivity index (χ0n) is 10.6. The van der Waals surface area contributed by atoms with Crippen molar-refractivity contribution in [1.29, 1.82) is 0 Å². The molecule has 0 spiro atoms. The summed E-state index contributed by atoms with van der Waals surface area (Å²) in [5.41, 5.74) is 0. The third kappa shape index (κ3) is 4.09. The average Bonchev–Trinajstić information content (AvgIpc) is 2.41. The second-order valence-electron chi connectivity index (χ2n) is 4.65. The number of ether oxygens (including phenoxy) is 1. The summed E-state index contributed by atoms with van der Waals surface area (Å²) in [7, 11) is 0. The van der Waals surface area contributed by atoms with Gasteiger partial charge in [0.25, 0.3) is 5.95 Å². The van der Waals surface area contributed by atoms with Crippen LogP contribution in [0.4, 0.5) is 19.0 Å². The molecule has 0 aromatic carbocycles. The molecule has 1 fully saturated rings. The zero-order chi connectivity index (χ0) is 13.7. The maximum Gasteiger partial charge on any atom is 0.251 e. The second-order valence-corrected chi connectivity index (χ2v) is 4.65. The van der Waals surface area contributed by atoms with Crippen LogP contribution in [-0.2, 0) is 4.74 Å². The lowest BCUT2D eigenvalue weighted by molar-refractivity contribution is 0.0347. The number of nitrogens with one attached hydrogen (secondary N) is 1. The van der Waals surface area contributed by atoms with Gasteiger partial charge in [0.15, 0.2) is 17.5 Å². The van der Waals surface area contributed by atoms with Crippen molar-refractivity contribution in [2.75, 3.05) is 18.5 Å². The highest BCUT2D eigenvalue weighted by atomic mass is 19.2. The Labute approximate surface area is 110 Å². The summed E-state index contributed by atoms with van der Waals surface area (Å²) in [4.78, 5) is 3.17. The first-order chi connectivity index (χ1) is 9.16. The second kappa shape index (κ2) is 6.75. The summed E-state index contributed by atoms with van der Waals surface area (Å²) >= 11 is 0. The van der Waals surface area contributed by atoms with Gasteiger partial charge in [0, 0.05) is 12.6 Å². The van der Waals surface area contributed by atoms with Crippen molar-refractivity contribution >= 4 is 5.82 Å². The van der Waals surface area contributed by atoms with Gasteiger partial charge in [-0.25, -0.2) is 8.78 Å². The van der Waals surface area contributed by atoms with Crippen LogP contribution in [0.3, 0.4) is 0 Å². The Morgan fingerprint density at radius 3 is 2.63 bits per heavy atom. The Balaban J connectivity index is 1.74. The van der Waals surface area contributed by atoms with Crippen LogP contribution < -0.4 is 5.32 Å². The molecule has 0 atom stereocenters. The van der Waals surface area contributed by atoms with Crippen LogP contribution in [0.15, 0.2) is 6.07 Å². The third-order valence-electron chi connectivity index (χ3n) is 3.19. The summed E-state index contributed by atoms with van der Waals surface area (Å²) in [6.45, 7) is 0.705. The molecule has 0 unspecified atom stereocenters. The van der Waals surface area contributed by atoms with Gasteiger partial charge < -0.3 is 10.1 Å². The summed E-state index contributed by atoms with van der Waals surface area (Å²) in [6.07, 6.45) is 5.98. The van der Waals surface area contributed by atoms with Crippen molar-refractivity contribution in [3.05, 3.63) is 23.6 Å². The van der Waals surface area contributed by atoms with Gasteiger partial charge in [0.1, 0.15) is 0 Å². The largest absolute Gasteiger partial charge is 0.376 e. The molecule has 0 bridgehead atoms. The lowest BCUT2D eigenvalue weighted by Crippen LogP contribution is -2.21. The normalized spacial score (nSPS) is 16.6. The molecular weight excluding hydrogens is 257 g/mol. The van der Waals surface area contributed by atoms with E-state index in [2.05, 4.69) is 10.3 Å². The predicted molar refractivity (Wildman–Crippen MR) is 65.4 cm³/mol. The van der Waals surface area contributed by atoms with Crippen LogP contribution in [0, 0.1) is 17.6 Å². The molecule has 0 radical (unpaired) electrons. The topological polar surface area (TPSA) is 34.1 Å². The minimum atomic E-state index is -1.31. The van der Waals surface area contributed by atoms with Crippen LogP contribution in [0.2, 0.25) is 0 Å². The fourth-order valence-corrected chi connectivity index (χ4v) is 2.19. The number of rotatable bonds is 5. The number of aromatic nitrogens is 1. The van der Waals surface area contributed by atoms with Gasteiger partial charge in [0.05, 0.1) is 12.7 Å². The molecule has 1 aliphatic rings. The van der Waals surface area contributed by atoms with Gasteiger partial charge in [-0.2, -0.15) is 9.37 Å². The van der Waals surface area contributed by atoms with Crippen molar-refractivity contribution in [2.24, 2.45) is 0 Å². The number of hydrogen-bond acceptors (Lipinski definition) is 3. The van der Waals surface area contributed by atoms with E-state index in [1.54, 1.807) is 0 Å². The Kier molecular flexibility index (Phi) is 5.01. The Morgan fingerprint density at radius 2 is 1.89 bits per heavy atom. The van der Waals surface area contributed by atoms with E-state index in [9.17, 15) is 13.2 Å². The molecule has 1 aliphatic carbocycles. The van der Waals surface area contributed by atoms with Gasteiger partial charge in [-0.1, -0.05) is 19.3 Å². The highest BCUT2D eigenvalue weighted by Crippen LogP contribution is 2.20. The number of pyridine rings is 1. The standard InChI is InChI=1S/C13H17F3N2O/c14-10-8-11(15)13(18-12(10)16)17-6-7-19-9-4-2-1-3-5-9/h8-9H,1-7H2,(H,17,18). The first kappa shape index (κ1) is 14.1. The van der Waals surface area contributed by atoms with Crippen molar-refractivity contribution in [1.82, 2.24) is 4.98 Å². The van der Waals surface area contributed by atoms with Gasteiger partial charge in [-0.15, -0.1) is 0 Å². The quantitative estimate of drug-likeness (QED) is 0.661. The maximum atomic E-state index is 13.2. The van der Waals surface area contributed by atoms with Crippen molar-refractivity contribution in [2.45, 2.75) is 38.2 Å². The number of nitrogens with zero attached hydrogens (tertiary/aromatic N) is 1. The summed E-state index contributed by atoms with van der Waals surface area (Å²) < 4.78 is 44.4. The lowest BCUT2D eigenvalue weighted by Gasteiger charge is -2.22. The highest BCUT2D eigenvalue weighted by molar-refractivity contribution is 5.35. The molecule has 0 aliphatic heterocycles.